The lowest BCUT2D eigenvalue weighted by molar-refractivity contribution is -0.124. The highest BCUT2D eigenvalue weighted by Gasteiger charge is 2.39. The molecule has 1 saturated carbocycles. The number of benzene rings is 2. The van der Waals surface area contributed by atoms with Gasteiger partial charge in [-0.25, -0.2) is 9.79 Å². The molecule has 2 fully saturated rings. The molecule has 5 rings (SSSR count). The highest BCUT2D eigenvalue weighted by Crippen LogP contribution is 2.39. The molecular formula is C27H22Cl2N2O4S. The third-order valence-electron chi connectivity index (χ3n) is 6.20. The van der Waals surface area contributed by atoms with Gasteiger partial charge in [0.1, 0.15) is 11.5 Å². The Labute approximate surface area is 222 Å². The maximum Gasteiger partial charge on any atom is 0.335 e. The largest absolute Gasteiger partial charge is 0.478 e. The van der Waals surface area contributed by atoms with Crippen LogP contribution in [0.4, 0.5) is 5.69 Å². The monoisotopic (exact) mass is 540 g/mol. The summed E-state index contributed by atoms with van der Waals surface area (Å²) < 4.78 is 5.98. The molecule has 0 radical (unpaired) electrons. The fourth-order valence-electron chi connectivity index (χ4n) is 4.41. The summed E-state index contributed by atoms with van der Waals surface area (Å²) in [4.78, 5) is 31.9. The number of hydrogen-bond acceptors (Lipinski definition) is 5. The predicted octanol–water partition coefficient (Wildman–Crippen LogP) is 7.89. The van der Waals surface area contributed by atoms with Crippen molar-refractivity contribution >= 4 is 63.8 Å². The number of rotatable bonds is 5. The summed E-state index contributed by atoms with van der Waals surface area (Å²) in [6, 6.07) is 15.4. The summed E-state index contributed by atoms with van der Waals surface area (Å²) in [5.74, 6) is 0.00376. The van der Waals surface area contributed by atoms with Crippen LogP contribution in [0.1, 0.15) is 48.2 Å². The predicted molar refractivity (Wildman–Crippen MR) is 144 cm³/mol. The zero-order valence-electron chi connectivity index (χ0n) is 19.1. The van der Waals surface area contributed by atoms with E-state index in [0.29, 0.717) is 37.3 Å². The Bertz CT molecular complexity index is 1390. The summed E-state index contributed by atoms with van der Waals surface area (Å²) in [6.07, 6.45) is 6.83. The highest BCUT2D eigenvalue weighted by atomic mass is 35.5. The first-order valence-electron chi connectivity index (χ1n) is 11.6. The molecular weight excluding hydrogens is 519 g/mol. The van der Waals surface area contributed by atoms with Crippen LogP contribution >= 0.6 is 35.0 Å². The van der Waals surface area contributed by atoms with Crippen molar-refractivity contribution in [1.82, 2.24) is 4.90 Å². The van der Waals surface area contributed by atoms with Gasteiger partial charge in [0.15, 0.2) is 5.17 Å². The lowest BCUT2D eigenvalue weighted by Gasteiger charge is -2.30. The Balaban J connectivity index is 1.47. The van der Waals surface area contributed by atoms with Crippen LogP contribution in [0.15, 0.2) is 68.9 Å². The van der Waals surface area contributed by atoms with Gasteiger partial charge in [0.2, 0.25) is 0 Å². The molecule has 2 aliphatic rings. The van der Waals surface area contributed by atoms with E-state index in [0.717, 1.165) is 37.7 Å². The van der Waals surface area contributed by atoms with Crippen LogP contribution in [0.25, 0.3) is 17.4 Å². The summed E-state index contributed by atoms with van der Waals surface area (Å²) in [6.45, 7) is 0. The Morgan fingerprint density at radius 3 is 2.61 bits per heavy atom. The maximum absolute atomic E-state index is 13.5. The van der Waals surface area contributed by atoms with Gasteiger partial charge >= 0.3 is 5.97 Å². The van der Waals surface area contributed by atoms with Crippen LogP contribution in [0.2, 0.25) is 10.0 Å². The van der Waals surface area contributed by atoms with Crippen molar-refractivity contribution in [3.05, 3.63) is 80.9 Å². The number of amides is 1. The summed E-state index contributed by atoms with van der Waals surface area (Å²) in [5, 5.41) is 10.8. The number of hydrogen-bond donors (Lipinski definition) is 1. The number of aromatic carboxylic acids is 1. The molecule has 0 bridgehead atoms. The van der Waals surface area contributed by atoms with Gasteiger partial charge in [-0.15, -0.1) is 0 Å². The quantitative estimate of drug-likeness (QED) is 0.332. The molecule has 1 aliphatic carbocycles. The van der Waals surface area contributed by atoms with E-state index >= 15 is 0 Å². The fraction of sp³-hybridized carbons (Fsp3) is 0.222. The van der Waals surface area contributed by atoms with Crippen molar-refractivity contribution in [2.45, 2.75) is 38.1 Å². The maximum atomic E-state index is 13.5. The molecule has 1 aliphatic heterocycles. The van der Waals surface area contributed by atoms with E-state index in [2.05, 4.69) is 0 Å². The Kier molecular flexibility index (Phi) is 7.23. The number of aliphatic imine (C=N–C) groups is 1. The molecule has 2 aromatic carbocycles. The summed E-state index contributed by atoms with van der Waals surface area (Å²) in [5.41, 5.74) is 1.42. The third kappa shape index (κ3) is 5.24. The molecule has 6 nitrogen and oxygen atoms in total. The summed E-state index contributed by atoms with van der Waals surface area (Å²) in [7, 11) is 0. The number of carboxylic acids is 1. The van der Waals surface area contributed by atoms with Crippen molar-refractivity contribution in [3.63, 3.8) is 0 Å². The first kappa shape index (κ1) is 24.7. The minimum atomic E-state index is -1.02. The van der Waals surface area contributed by atoms with Crippen molar-refractivity contribution in [1.29, 1.82) is 0 Å². The topological polar surface area (TPSA) is 83.1 Å². The molecule has 3 aromatic rings. The zero-order valence-corrected chi connectivity index (χ0v) is 21.4. The number of amidine groups is 1. The fourth-order valence-corrected chi connectivity index (χ4v) is 5.75. The van der Waals surface area contributed by atoms with Gasteiger partial charge in [-0.1, -0.05) is 48.5 Å². The van der Waals surface area contributed by atoms with Crippen molar-refractivity contribution < 1.29 is 19.1 Å². The van der Waals surface area contributed by atoms with E-state index in [-0.39, 0.29) is 17.5 Å². The van der Waals surface area contributed by atoms with E-state index in [9.17, 15) is 14.7 Å². The number of carbonyl (C=O) groups excluding carboxylic acids is 1. The Hall–Kier alpha value is -3.00. The Morgan fingerprint density at radius 2 is 1.86 bits per heavy atom. The number of thioether (sulfide) groups is 1. The van der Waals surface area contributed by atoms with E-state index in [4.69, 9.17) is 32.6 Å². The highest BCUT2D eigenvalue weighted by molar-refractivity contribution is 8.18. The molecule has 0 atom stereocenters. The minimum Gasteiger partial charge on any atom is -0.478 e. The SMILES string of the molecule is O=C(O)c1cccc(N=C2S/C(=C/c3ccc(-c4ccc(Cl)c(Cl)c4)o3)C(=O)N2C2CCCCC2)c1. The molecule has 9 heteroatoms. The first-order valence-corrected chi connectivity index (χ1v) is 13.2. The van der Waals surface area contributed by atoms with Crippen molar-refractivity contribution in [2.75, 3.05) is 0 Å². The normalized spacial score (nSPS) is 18.9. The lowest BCUT2D eigenvalue weighted by atomic mass is 9.94. The van der Waals surface area contributed by atoms with Gasteiger partial charge in [-0.3, -0.25) is 9.69 Å². The van der Waals surface area contributed by atoms with E-state index in [1.807, 2.05) is 12.1 Å². The first-order chi connectivity index (χ1) is 17.4. The summed E-state index contributed by atoms with van der Waals surface area (Å²) >= 11 is 13.4. The second kappa shape index (κ2) is 10.5. The van der Waals surface area contributed by atoms with Gasteiger partial charge in [-0.2, -0.15) is 0 Å². The van der Waals surface area contributed by atoms with Crippen LogP contribution in [0.5, 0.6) is 0 Å². The third-order valence-corrected chi connectivity index (χ3v) is 7.92. The van der Waals surface area contributed by atoms with E-state index in [1.165, 1.54) is 23.9 Å². The van der Waals surface area contributed by atoms with Gasteiger partial charge < -0.3 is 9.52 Å². The number of nitrogens with zero attached hydrogens (tertiary/aromatic N) is 2. The molecule has 0 spiro atoms. The van der Waals surface area contributed by atoms with Crippen LogP contribution in [-0.2, 0) is 4.79 Å². The van der Waals surface area contributed by atoms with Crippen molar-refractivity contribution in [3.8, 4) is 11.3 Å². The minimum absolute atomic E-state index is 0.0643. The zero-order chi connectivity index (χ0) is 25.2. The molecule has 184 valence electrons. The molecule has 1 aromatic heterocycles. The van der Waals surface area contributed by atoms with Crippen LogP contribution in [0.3, 0.4) is 0 Å². The van der Waals surface area contributed by atoms with Gasteiger partial charge in [0.25, 0.3) is 5.91 Å². The van der Waals surface area contributed by atoms with Crippen molar-refractivity contribution in [2.24, 2.45) is 4.99 Å². The molecule has 1 saturated heterocycles. The molecule has 1 amide bonds. The number of carboxylic acid groups (broad SMARTS) is 1. The van der Waals surface area contributed by atoms with Crippen LogP contribution in [0, 0.1) is 0 Å². The number of halogens is 2. The van der Waals surface area contributed by atoms with Gasteiger partial charge in [-0.05, 0) is 73.1 Å². The second-order valence-corrected chi connectivity index (χ2v) is 10.5. The van der Waals surface area contributed by atoms with Gasteiger partial charge in [0, 0.05) is 17.7 Å². The average Bonchev–Trinajstić information content (AvgIpc) is 3.46. The smallest absolute Gasteiger partial charge is 0.335 e. The van der Waals surface area contributed by atoms with Gasteiger partial charge in [0.05, 0.1) is 26.2 Å². The molecule has 1 N–H and O–H groups in total. The number of carbonyl (C=O) groups is 2. The standard InChI is InChI=1S/C27H22Cl2N2O4S/c28-21-11-9-16(14-22(21)29)23-12-10-20(35-23)15-24-25(32)31(19-7-2-1-3-8-19)27(36-24)30-18-6-4-5-17(13-18)26(33)34/h4-6,9-15,19H,1-3,7-8H2,(H,33,34)/b24-15+,30-27?. The Morgan fingerprint density at radius 1 is 1.06 bits per heavy atom. The van der Waals surface area contributed by atoms with E-state index in [1.54, 1.807) is 41.3 Å². The van der Waals surface area contributed by atoms with E-state index < -0.39 is 5.97 Å². The molecule has 36 heavy (non-hydrogen) atoms. The average molecular weight is 541 g/mol. The number of furan rings is 1. The second-order valence-electron chi connectivity index (χ2n) is 8.66. The molecule has 0 unspecified atom stereocenters. The van der Waals surface area contributed by atoms with Crippen LogP contribution in [-0.4, -0.2) is 33.1 Å². The lowest BCUT2D eigenvalue weighted by Crippen LogP contribution is -2.40. The molecule has 2 heterocycles. The van der Waals surface area contributed by atoms with Crippen LogP contribution < -0.4 is 0 Å².